The van der Waals surface area contributed by atoms with Gasteiger partial charge in [0.2, 0.25) is 0 Å². The van der Waals surface area contributed by atoms with Gasteiger partial charge in [-0.05, 0) is 35.7 Å². The summed E-state index contributed by atoms with van der Waals surface area (Å²) in [5.41, 5.74) is 4.53. The van der Waals surface area contributed by atoms with E-state index in [0.29, 0.717) is 12.0 Å². The van der Waals surface area contributed by atoms with Crippen LogP contribution in [-0.4, -0.2) is 16.4 Å². The van der Waals surface area contributed by atoms with E-state index < -0.39 is 5.54 Å². The molecule has 5 rings (SSSR count). The van der Waals surface area contributed by atoms with Gasteiger partial charge in [0.15, 0.2) is 5.13 Å². The van der Waals surface area contributed by atoms with E-state index in [9.17, 15) is 10.1 Å². The van der Waals surface area contributed by atoms with Crippen molar-refractivity contribution >= 4 is 22.4 Å². The highest BCUT2D eigenvalue weighted by atomic mass is 32.1. The number of carbonyl (C=O) groups excluding carboxylic acids is 1. The monoisotopic (exact) mass is 357 g/mol. The van der Waals surface area contributed by atoms with E-state index in [2.05, 4.69) is 36.2 Å². The topological polar surface area (TPSA) is 56.8 Å². The van der Waals surface area contributed by atoms with E-state index in [1.54, 1.807) is 6.20 Å². The van der Waals surface area contributed by atoms with Gasteiger partial charge in [0.1, 0.15) is 5.54 Å². The molecule has 0 unspecified atom stereocenters. The van der Waals surface area contributed by atoms with Gasteiger partial charge in [-0.3, -0.25) is 9.69 Å². The zero-order valence-corrected chi connectivity index (χ0v) is 15.0. The van der Waals surface area contributed by atoms with Gasteiger partial charge in [-0.25, -0.2) is 4.98 Å². The molecule has 0 saturated carbocycles. The van der Waals surface area contributed by atoms with Crippen molar-refractivity contribution < 1.29 is 4.79 Å². The Kier molecular flexibility index (Phi) is 3.10. The van der Waals surface area contributed by atoms with Crippen LogP contribution in [0.5, 0.6) is 0 Å². The van der Waals surface area contributed by atoms with Crippen molar-refractivity contribution in [1.29, 1.82) is 5.26 Å². The Hall–Kier alpha value is -2.97. The Bertz CT molecular complexity index is 1080. The van der Waals surface area contributed by atoms with E-state index in [0.717, 1.165) is 27.4 Å². The molecule has 1 aliphatic carbocycles. The maximum absolute atomic E-state index is 13.1. The van der Waals surface area contributed by atoms with Crippen LogP contribution in [0.3, 0.4) is 0 Å². The first kappa shape index (κ1) is 15.3. The highest BCUT2D eigenvalue weighted by molar-refractivity contribution is 7.14. The second kappa shape index (κ2) is 5.26. The number of hydrogen-bond donors (Lipinski definition) is 0. The van der Waals surface area contributed by atoms with Crippen molar-refractivity contribution in [1.82, 2.24) is 4.98 Å². The van der Waals surface area contributed by atoms with Crippen LogP contribution < -0.4 is 4.90 Å². The predicted molar refractivity (Wildman–Crippen MR) is 100 cm³/mol. The van der Waals surface area contributed by atoms with Crippen LogP contribution in [0, 0.1) is 18.3 Å². The third-order valence-corrected chi connectivity index (χ3v) is 6.19. The van der Waals surface area contributed by atoms with Gasteiger partial charge in [0.25, 0.3) is 5.91 Å². The van der Waals surface area contributed by atoms with Gasteiger partial charge in [-0.1, -0.05) is 35.9 Å². The number of aromatic nitrogens is 1. The highest BCUT2D eigenvalue weighted by Gasteiger charge is 2.71. The quantitative estimate of drug-likeness (QED) is 0.656. The van der Waals surface area contributed by atoms with Crippen molar-refractivity contribution in [3.63, 3.8) is 0 Å². The molecular weight excluding hydrogens is 342 g/mol. The molecule has 3 aromatic rings. The Labute approximate surface area is 155 Å². The molecule has 0 bridgehead atoms. The molecule has 2 atom stereocenters. The molecule has 0 radical (unpaired) electrons. The number of aryl methyl sites for hydroxylation is 1. The highest BCUT2D eigenvalue weighted by Crippen LogP contribution is 2.58. The second-order valence-electron chi connectivity index (χ2n) is 6.93. The Balaban J connectivity index is 1.71. The molecule has 0 N–H and O–H groups in total. The van der Waals surface area contributed by atoms with Crippen LogP contribution in [0.1, 0.15) is 33.7 Å². The molecule has 4 nitrogen and oxygen atoms in total. The van der Waals surface area contributed by atoms with Crippen molar-refractivity contribution in [2.24, 2.45) is 0 Å². The molecule has 2 aromatic carbocycles. The van der Waals surface area contributed by atoms with Crippen molar-refractivity contribution in [3.8, 4) is 6.07 Å². The molecule has 2 aliphatic rings. The summed E-state index contributed by atoms with van der Waals surface area (Å²) in [5, 5.41) is 12.0. The molecule has 1 fully saturated rings. The van der Waals surface area contributed by atoms with Gasteiger partial charge >= 0.3 is 0 Å². The fourth-order valence-electron chi connectivity index (χ4n) is 4.31. The lowest BCUT2D eigenvalue weighted by Crippen LogP contribution is -2.25. The normalized spacial score (nSPS) is 23.2. The molecule has 1 amide bonds. The number of benzene rings is 2. The molecule has 1 saturated heterocycles. The minimum absolute atomic E-state index is 0.0814. The van der Waals surface area contributed by atoms with Crippen molar-refractivity contribution in [2.45, 2.75) is 24.8 Å². The maximum Gasteiger partial charge on any atom is 0.257 e. The summed E-state index contributed by atoms with van der Waals surface area (Å²) in [7, 11) is 0. The Morgan fingerprint density at radius 1 is 1.31 bits per heavy atom. The van der Waals surface area contributed by atoms with Crippen LogP contribution in [0.15, 0.2) is 54.0 Å². The minimum Gasteiger partial charge on any atom is -0.272 e. The van der Waals surface area contributed by atoms with Crippen LogP contribution in [-0.2, 0) is 11.2 Å². The first-order valence-corrected chi connectivity index (χ1v) is 9.37. The zero-order valence-electron chi connectivity index (χ0n) is 14.1. The first-order chi connectivity index (χ1) is 12.6. The summed E-state index contributed by atoms with van der Waals surface area (Å²) in [5.74, 6) is 0.0377. The molecule has 5 heteroatoms. The molecule has 126 valence electrons. The summed E-state index contributed by atoms with van der Waals surface area (Å²) >= 11 is 1.49. The Morgan fingerprint density at radius 2 is 2.19 bits per heavy atom. The number of rotatable bonds is 2. The lowest BCUT2D eigenvalue weighted by molar-refractivity contribution is -0.111. The second-order valence-corrected chi connectivity index (χ2v) is 7.80. The largest absolute Gasteiger partial charge is 0.272 e. The number of fused-ring (bicyclic) bond motifs is 1. The van der Waals surface area contributed by atoms with Gasteiger partial charge < -0.3 is 0 Å². The number of hydrogen-bond acceptors (Lipinski definition) is 4. The minimum atomic E-state index is -0.609. The van der Waals surface area contributed by atoms with E-state index in [-0.39, 0.29) is 11.8 Å². The summed E-state index contributed by atoms with van der Waals surface area (Å²) < 4.78 is 0. The molecule has 1 aromatic heterocycles. The molecule has 1 aliphatic heterocycles. The first-order valence-electron chi connectivity index (χ1n) is 8.49. The fraction of sp³-hybridized carbons (Fsp3) is 0.190. The average molecular weight is 357 g/mol. The summed E-state index contributed by atoms with van der Waals surface area (Å²) in [6.45, 7) is 2.06. The maximum atomic E-state index is 13.1. The number of carbonyl (C=O) groups is 1. The smallest absolute Gasteiger partial charge is 0.257 e. The number of amides is 1. The predicted octanol–water partition coefficient (Wildman–Crippen LogP) is 3.80. The fourth-order valence-corrected chi connectivity index (χ4v) is 5.03. The summed E-state index contributed by atoms with van der Waals surface area (Å²) in [6, 6.07) is 16.3. The van der Waals surface area contributed by atoms with Crippen LogP contribution in [0.25, 0.3) is 0 Å². The lowest BCUT2D eigenvalue weighted by atomic mass is 9.84. The van der Waals surface area contributed by atoms with Crippen LogP contribution >= 0.6 is 11.3 Å². The number of nitriles is 1. The zero-order chi connectivity index (χ0) is 17.9. The van der Waals surface area contributed by atoms with Crippen molar-refractivity contribution in [2.75, 3.05) is 4.90 Å². The lowest BCUT2D eigenvalue weighted by Gasteiger charge is -2.20. The van der Waals surface area contributed by atoms with E-state index in [4.69, 9.17) is 0 Å². The SMILES string of the molecule is Cc1cccc([C@H]2c3cc(C#N)ccc3C[C@@]23C(=O)N3c2nccs2)c1. The van der Waals surface area contributed by atoms with E-state index in [1.165, 1.54) is 11.3 Å². The standard InChI is InChI=1S/C21H15N3OS/c1-13-3-2-4-15(9-13)18-17-10-14(12-22)5-6-16(17)11-21(18)19(25)24(21)20-23-7-8-26-20/h2-10,18H,11H2,1H3/t18-,21-,24?/m0/s1. The van der Waals surface area contributed by atoms with Gasteiger partial charge in [0.05, 0.1) is 11.6 Å². The number of anilines is 1. The summed E-state index contributed by atoms with van der Waals surface area (Å²) in [6.07, 6.45) is 2.39. The van der Waals surface area contributed by atoms with Gasteiger partial charge in [0, 0.05) is 23.9 Å². The number of nitrogens with zero attached hydrogens (tertiary/aromatic N) is 3. The average Bonchev–Trinajstić information content (AvgIpc) is 3.04. The van der Waals surface area contributed by atoms with Crippen molar-refractivity contribution in [3.05, 3.63) is 81.9 Å². The molecular formula is C21H15N3OS. The molecule has 26 heavy (non-hydrogen) atoms. The number of thiazole rings is 1. The molecule has 1 spiro atoms. The van der Waals surface area contributed by atoms with Crippen LogP contribution in [0.4, 0.5) is 5.13 Å². The van der Waals surface area contributed by atoms with Gasteiger partial charge in [-0.15, -0.1) is 11.3 Å². The van der Waals surface area contributed by atoms with Gasteiger partial charge in [-0.2, -0.15) is 5.26 Å². The van der Waals surface area contributed by atoms with E-state index >= 15 is 0 Å². The summed E-state index contributed by atoms with van der Waals surface area (Å²) in [4.78, 5) is 19.3. The third-order valence-electron chi connectivity index (χ3n) is 5.43. The van der Waals surface area contributed by atoms with Crippen LogP contribution in [0.2, 0.25) is 0 Å². The molecule has 2 heterocycles. The Morgan fingerprint density at radius 3 is 2.92 bits per heavy atom. The third kappa shape index (κ3) is 1.94. The van der Waals surface area contributed by atoms with E-state index in [1.807, 2.05) is 34.5 Å².